The van der Waals surface area contributed by atoms with Crippen LogP contribution in [0.2, 0.25) is 0 Å². The molecule has 0 saturated heterocycles. The fourth-order valence-electron chi connectivity index (χ4n) is 2.81. The number of aryl methyl sites for hydroxylation is 1. The van der Waals surface area contributed by atoms with Gasteiger partial charge in [-0.2, -0.15) is 0 Å². The third-order valence-corrected chi connectivity index (χ3v) is 6.50. The van der Waals surface area contributed by atoms with Gasteiger partial charge in [0.15, 0.2) is 9.84 Å². The van der Waals surface area contributed by atoms with Gasteiger partial charge < -0.3 is 10.6 Å². The number of hydrogen-bond donors (Lipinski definition) is 2. The van der Waals surface area contributed by atoms with Crippen LogP contribution in [0.1, 0.15) is 35.7 Å². The Labute approximate surface area is 170 Å². The van der Waals surface area contributed by atoms with E-state index in [1.165, 1.54) is 49.5 Å². The van der Waals surface area contributed by atoms with Gasteiger partial charge in [-0.05, 0) is 61.2 Å². The van der Waals surface area contributed by atoms with E-state index in [9.17, 15) is 22.4 Å². The van der Waals surface area contributed by atoms with Crippen molar-refractivity contribution in [3.63, 3.8) is 0 Å². The van der Waals surface area contributed by atoms with E-state index in [4.69, 9.17) is 0 Å². The summed E-state index contributed by atoms with van der Waals surface area (Å²) in [5.41, 5.74) is 1.00. The number of hydrogen-bond acceptors (Lipinski definition) is 4. The van der Waals surface area contributed by atoms with Gasteiger partial charge in [-0.25, -0.2) is 12.8 Å². The lowest BCUT2D eigenvalue weighted by Crippen LogP contribution is -2.20. The smallest absolute Gasteiger partial charge is 0.255 e. The molecule has 8 heteroatoms. The molecule has 0 aromatic heterocycles. The molecule has 0 radical (unpaired) electrons. The van der Waals surface area contributed by atoms with Crippen molar-refractivity contribution in [2.24, 2.45) is 5.92 Å². The Hall–Kier alpha value is -2.74. The molecule has 0 aliphatic heterocycles. The van der Waals surface area contributed by atoms with Gasteiger partial charge >= 0.3 is 0 Å². The van der Waals surface area contributed by atoms with E-state index in [1.807, 2.05) is 0 Å². The van der Waals surface area contributed by atoms with Gasteiger partial charge in [0.1, 0.15) is 5.82 Å². The van der Waals surface area contributed by atoms with E-state index in [0.717, 1.165) is 0 Å². The van der Waals surface area contributed by atoms with Crippen LogP contribution < -0.4 is 10.6 Å². The molecular weight excluding hydrogens is 395 g/mol. The van der Waals surface area contributed by atoms with Crippen LogP contribution in [0.25, 0.3) is 0 Å². The Morgan fingerprint density at radius 1 is 1.14 bits per heavy atom. The number of rotatable bonds is 8. The Morgan fingerprint density at radius 3 is 2.52 bits per heavy atom. The van der Waals surface area contributed by atoms with Gasteiger partial charge in [-0.3, -0.25) is 9.59 Å². The highest BCUT2D eigenvalue weighted by Gasteiger charge is 2.20. The lowest BCUT2D eigenvalue weighted by atomic mass is 10.1. The first-order chi connectivity index (χ1) is 13.6. The average molecular weight is 421 g/mol. The Morgan fingerprint density at radius 2 is 1.86 bits per heavy atom. The van der Waals surface area contributed by atoms with Crippen molar-refractivity contribution in [2.45, 2.75) is 31.6 Å². The highest BCUT2D eigenvalue weighted by atomic mass is 32.2. The second kappa shape index (κ2) is 9.65. The molecule has 0 spiro atoms. The summed E-state index contributed by atoms with van der Waals surface area (Å²) in [5, 5.41) is 5.15. The largest absolute Gasteiger partial charge is 0.359 e. The second-order valence-electron chi connectivity index (χ2n) is 7.04. The van der Waals surface area contributed by atoms with E-state index in [-0.39, 0.29) is 40.3 Å². The molecule has 0 fully saturated rings. The first-order valence-electron chi connectivity index (χ1n) is 9.23. The van der Waals surface area contributed by atoms with Crippen LogP contribution in [0.5, 0.6) is 0 Å². The molecule has 2 rings (SSSR count). The highest BCUT2D eigenvalue weighted by molar-refractivity contribution is 7.91. The molecule has 6 nitrogen and oxygen atoms in total. The van der Waals surface area contributed by atoms with Crippen LogP contribution in [0.3, 0.4) is 0 Å². The van der Waals surface area contributed by atoms with Crippen LogP contribution in [0.4, 0.5) is 10.1 Å². The average Bonchev–Trinajstić information content (AvgIpc) is 2.68. The molecule has 2 amide bonds. The number of sulfone groups is 1. The minimum atomic E-state index is -3.62. The van der Waals surface area contributed by atoms with Crippen LogP contribution in [0, 0.1) is 18.7 Å². The number of anilines is 1. The van der Waals surface area contributed by atoms with E-state index in [1.54, 1.807) is 13.8 Å². The van der Waals surface area contributed by atoms with Crippen molar-refractivity contribution >= 4 is 27.3 Å². The standard InChI is InChI=1S/C21H25FN2O4S/c1-14(7-10-20(25)23-3)13-29(27,28)18-6-4-5-16(12-18)21(26)24-17-8-9-19(22)15(2)11-17/h4-6,8-9,11-12,14H,7,10,13H2,1-3H3,(H,23,25)(H,24,26). The minimum Gasteiger partial charge on any atom is -0.359 e. The second-order valence-corrected chi connectivity index (χ2v) is 9.08. The van der Waals surface area contributed by atoms with E-state index < -0.39 is 15.7 Å². The first-order valence-corrected chi connectivity index (χ1v) is 10.9. The summed E-state index contributed by atoms with van der Waals surface area (Å²) in [5.74, 6) is -1.32. The quantitative estimate of drug-likeness (QED) is 0.685. The Bertz CT molecular complexity index is 1010. The van der Waals surface area contributed by atoms with Crippen molar-refractivity contribution in [3.05, 3.63) is 59.4 Å². The zero-order chi connectivity index (χ0) is 21.6. The van der Waals surface area contributed by atoms with Gasteiger partial charge in [0.25, 0.3) is 5.91 Å². The summed E-state index contributed by atoms with van der Waals surface area (Å²) in [6.45, 7) is 3.36. The third-order valence-electron chi connectivity index (χ3n) is 4.52. The molecule has 1 unspecified atom stereocenters. The summed E-state index contributed by atoms with van der Waals surface area (Å²) < 4.78 is 38.8. The predicted molar refractivity (Wildman–Crippen MR) is 110 cm³/mol. The molecule has 29 heavy (non-hydrogen) atoms. The summed E-state index contributed by atoms with van der Waals surface area (Å²) in [7, 11) is -2.08. The number of nitrogens with one attached hydrogen (secondary N) is 2. The number of halogens is 1. The summed E-state index contributed by atoms with van der Waals surface area (Å²) in [6, 6.07) is 9.99. The van der Waals surface area contributed by atoms with Crippen molar-refractivity contribution < 1.29 is 22.4 Å². The van der Waals surface area contributed by atoms with Crippen molar-refractivity contribution in [1.29, 1.82) is 0 Å². The molecule has 1 atom stereocenters. The molecule has 0 aliphatic rings. The summed E-state index contributed by atoms with van der Waals surface area (Å²) in [4.78, 5) is 23.9. The van der Waals surface area contributed by atoms with E-state index in [0.29, 0.717) is 17.7 Å². The Balaban J connectivity index is 2.11. The van der Waals surface area contributed by atoms with Gasteiger partial charge in [0, 0.05) is 24.7 Å². The maximum atomic E-state index is 13.4. The SMILES string of the molecule is CNC(=O)CCC(C)CS(=O)(=O)c1cccc(C(=O)Nc2ccc(F)c(C)c2)c1. The van der Waals surface area contributed by atoms with Gasteiger partial charge in [0.2, 0.25) is 5.91 Å². The van der Waals surface area contributed by atoms with E-state index in [2.05, 4.69) is 10.6 Å². The fourth-order valence-corrected chi connectivity index (χ4v) is 4.51. The molecule has 0 bridgehead atoms. The first kappa shape index (κ1) is 22.5. The van der Waals surface area contributed by atoms with Crippen molar-refractivity contribution in [3.8, 4) is 0 Å². The molecular formula is C21H25FN2O4S. The molecule has 2 aromatic carbocycles. The van der Waals surface area contributed by atoms with Crippen LogP contribution in [-0.2, 0) is 14.6 Å². The number of carbonyl (C=O) groups is 2. The van der Waals surface area contributed by atoms with Gasteiger partial charge in [0.05, 0.1) is 10.6 Å². The van der Waals surface area contributed by atoms with Crippen LogP contribution >= 0.6 is 0 Å². The van der Waals surface area contributed by atoms with Gasteiger partial charge in [-0.15, -0.1) is 0 Å². The topological polar surface area (TPSA) is 92.3 Å². The maximum Gasteiger partial charge on any atom is 0.255 e. The number of carbonyl (C=O) groups excluding carboxylic acids is 2. The lowest BCUT2D eigenvalue weighted by Gasteiger charge is -2.12. The molecule has 156 valence electrons. The zero-order valence-corrected chi connectivity index (χ0v) is 17.5. The number of benzene rings is 2. The van der Waals surface area contributed by atoms with Crippen molar-refractivity contribution in [1.82, 2.24) is 5.32 Å². The maximum absolute atomic E-state index is 13.4. The molecule has 0 aliphatic carbocycles. The fraction of sp³-hybridized carbons (Fsp3) is 0.333. The van der Waals surface area contributed by atoms with Crippen LogP contribution in [-0.4, -0.2) is 33.0 Å². The minimum absolute atomic E-state index is 0.0484. The number of amides is 2. The molecule has 0 saturated carbocycles. The summed E-state index contributed by atoms with van der Waals surface area (Å²) >= 11 is 0. The predicted octanol–water partition coefficient (Wildman–Crippen LogP) is 3.32. The molecule has 0 heterocycles. The van der Waals surface area contributed by atoms with Crippen LogP contribution in [0.15, 0.2) is 47.4 Å². The lowest BCUT2D eigenvalue weighted by molar-refractivity contribution is -0.120. The Kier molecular flexibility index (Phi) is 7.50. The molecule has 2 aromatic rings. The van der Waals surface area contributed by atoms with Gasteiger partial charge in [-0.1, -0.05) is 13.0 Å². The van der Waals surface area contributed by atoms with Crippen molar-refractivity contribution in [2.75, 3.05) is 18.1 Å². The normalized spacial score (nSPS) is 12.3. The monoisotopic (exact) mass is 420 g/mol. The zero-order valence-electron chi connectivity index (χ0n) is 16.7. The highest BCUT2D eigenvalue weighted by Crippen LogP contribution is 2.20. The molecule has 2 N–H and O–H groups in total. The third kappa shape index (κ3) is 6.39. The summed E-state index contributed by atoms with van der Waals surface area (Å²) in [6.07, 6.45) is 0.704. The van der Waals surface area contributed by atoms with E-state index >= 15 is 0 Å².